The van der Waals surface area contributed by atoms with E-state index in [2.05, 4.69) is 26.2 Å². The second kappa shape index (κ2) is 1.63. The third-order valence-electron chi connectivity index (χ3n) is 2.60. The van der Waals surface area contributed by atoms with Gasteiger partial charge in [0.15, 0.2) is 0 Å². The first kappa shape index (κ1) is 5.96. The number of rotatable bonds is 0. The van der Waals surface area contributed by atoms with Crippen molar-refractivity contribution in [2.75, 3.05) is 0 Å². The Morgan fingerprint density at radius 3 is 2.60 bits per heavy atom. The molecule has 0 nitrogen and oxygen atoms in total. The fourth-order valence-electron chi connectivity index (χ4n) is 2.05. The molecule has 0 N–H and O–H groups in total. The Balaban J connectivity index is 2.40. The monoisotopic (exact) mass is 132 g/mol. The van der Waals surface area contributed by atoms with Gasteiger partial charge in [0.1, 0.15) is 0 Å². The molecule has 2 rings (SSSR count). The van der Waals surface area contributed by atoms with Gasteiger partial charge in [-0.1, -0.05) is 37.3 Å². The van der Waals surface area contributed by atoms with Crippen molar-refractivity contribution < 1.29 is 0 Å². The molecule has 0 aliphatic heterocycles. The van der Waals surface area contributed by atoms with Gasteiger partial charge in [0.05, 0.1) is 0 Å². The highest BCUT2D eigenvalue weighted by molar-refractivity contribution is 5.52. The fourth-order valence-corrected chi connectivity index (χ4v) is 2.05. The van der Waals surface area contributed by atoms with Crippen LogP contribution in [0.1, 0.15) is 13.3 Å². The van der Waals surface area contributed by atoms with Crippen molar-refractivity contribution in [3.63, 3.8) is 0 Å². The number of hydrogen-bond donors (Lipinski definition) is 0. The van der Waals surface area contributed by atoms with Crippen molar-refractivity contribution in [1.82, 2.24) is 0 Å². The minimum Gasteiger partial charge on any atom is -0.0989 e. The molecule has 0 aromatic heterocycles. The summed E-state index contributed by atoms with van der Waals surface area (Å²) in [7, 11) is 0. The molecule has 0 heteroatoms. The van der Waals surface area contributed by atoms with Gasteiger partial charge in [0, 0.05) is 5.92 Å². The van der Waals surface area contributed by atoms with Gasteiger partial charge in [0.2, 0.25) is 0 Å². The third kappa shape index (κ3) is 0.518. The van der Waals surface area contributed by atoms with Gasteiger partial charge in [0.25, 0.3) is 0 Å². The standard InChI is InChI=1S/C10H12/c1-6-4-7(2)10-8(3)5-9(6)10/h5-6,10H,2-4H2,1H3. The topological polar surface area (TPSA) is 0 Å². The highest BCUT2D eigenvalue weighted by Gasteiger charge is 2.37. The first-order chi connectivity index (χ1) is 4.70. The van der Waals surface area contributed by atoms with Gasteiger partial charge in [-0.05, 0) is 17.9 Å². The number of hydrogen-bond acceptors (Lipinski definition) is 0. The Labute approximate surface area is 61.9 Å². The summed E-state index contributed by atoms with van der Waals surface area (Å²) in [4.78, 5) is 0. The quantitative estimate of drug-likeness (QED) is 0.444. The lowest BCUT2D eigenvalue weighted by Crippen LogP contribution is -2.12. The van der Waals surface area contributed by atoms with Crippen LogP contribution in [0.3, 0.4) is 0 Å². The van der Waals surface area contributed by atoms with E-state index in [-0.39, 0.29) is 0 Å². The van der Waals surface area contributed by atoms with Gasteiger partial charge in [-0.15, -0.1) is 0 Å². The zero-order chi connectivity index (χ0) is 7.30. The molecule has 0 heterocycles. The summed E-state index contributed by atoms with van der Waals surface area (Å²) in [5.41, 5.74) is 4.20. The lowest BCUT2D eigenvalue weighted by Gasteiger charge is -2.25. The maximum Gasteiger partial charge on any atom is 0.0255 e. The Morgan fingerprint density at radius 1 is 1.50 bits per heavy atom. The second-order valence-corrected chi connectivity index (χ2v) is 3.42. The van der Waals surface area contributed by atoms with Gasteiger partial charge in [-0.25, -0.2) is 0 Å². The summed E-state index contributed by atoms with van der Waals surface area (Å²) < 4.78 is 0. The number of allylic oxidation sites excluding steroid dienone is 4. The second-order valence-electron chi connectivity index (χ2n) is 3.42. The Hall–Kier alpha value is -0.780. The molecule has 2 atom stereocenters. The van der Waals surface area contributed by atoms with Gasteiger partial charge >= 0.3 is 0 Å². The average Bonchev–Trinajstić information content (AvgIpc) is 2.01. The van der Waals surface area contributed by atoms with E-state index in [4.69, 9.17) is 0 Å². The third-order valence-corrected chi connectivity index (χ3v) is 2.60. The van der Waals surface area contributed by atoms with Crippen molar-refractivity contribution in [2.45, 2.75) is 13.3 Å². The van der Waals surface area contributed by atoms with Crippen molar-refractivity contribution in [3.8, 4) is 0 Å². The van der Waals surface area contributed by atoms with E-state index in [0.717, 1.165) is 5.92 Å². The molecular formula is C10H12. The molecule has 52 valence electrons. The summed E-state index contributed by atoms with van der Waals surface area (Å²) in [5.74, 6) is 1.32. The van der Waals surface area contributed by atoms with Crippen LogP contribution < -0.4 is 0 Å². The van der Waals surface area contributed by atoms with E-state index in [9.17, 15) is 0 Å². The molecule has 0 aromatic carbocycles. The van der Waals surface area contributed by atoms with Crippen molar-refractivity contribution >= 4 is 0 Å². The smallest absolute Gasteiger partial charge is 0.0255 e. The SMILES string of the molecule is C=C1C=C2C(C)CC(=C)C12. The predicted octanol–water partition coefficient (Wildman–Crippen LogP) is 2.69. The van der Waals surface area contributed by atoms with Crippen LogP contribution in [0.5, 0.6) is 0 Å². The minimum absolute atomic E-state index is 0.579. The van der Waals surface area contributed by atoms with Crippen molar-refractivity contribution in [1.29, 1.82) is 0 Å². The van der Waals surface area contributed by atoms with E-state index < -0.39 is 0 Å². The molecule has 0 spiro atoms. The molecule has 1 saturated carbocycles. The zero-order valence-corrected chi connectivity index (χ0v) is 6.35. The molecule has 2 aliphatic rings. The highest BCUT2D eigenvalue weighted by Crippen LogP contribution is 2.50. The van der Waals surface area contributed by atoms with Crippen LogP contribution in [-0.4, -0.2) is 0 Å². The molecule has 2 aliphatic carbocycles. The van der Waals surface area contributed by atoms with Crippen LogP contribution in [0.2, 0.25) is 0 Å². The summed E-state index contributed by atoms with van der Waals surface area (Å²) in [6.07, 6.45) is 3.39. The fraction of sp³-hybridized carbons (Fsp3) is 0.400. The Morgan fingerprint density at radius 2 is 2.20 bits per heavy atom. The van der Waals surface area contributed by atoms with Crippen LogP contribution in [0.25, 0.3) is 0 Å². The van der Waals surface area contributed by atoms with Crippen LogP contribution >= 0.6 is 0 Å². The van der Waals surface area contributed by atoms with E-state index in [1.54, 1.807) is 5.57 Å². The highest BCUT2D eigenvalue weighted by atomic mass is 14.4. The van der Waals surface area contributed by atoms with E-state index in [0.29, 0.717) is 5.92 Å². The van der Waals surface area contributed by atoms with E-state index in [1.165, 1.54) is 17.6 Å². The molecule has 10 heavy (non-hydrogen) atoms. The Kier molecular flexibility index (Phi) is 0.971. The lowest BCUT2D eigenvalue weighted by atomic mass is 9.79. The largest absolute Gasteiger partial charge is 0.0989 e. The molecule has 0 bridgehead atoms. The zero-order valence-electron chi connectivity index (χ0n) is 6.35. The maximum atomic E-state index is 4.04. The molecular weight excluding hydrogens is 120 g/mol. The van der Waals surface area contributed by atoms with Crippen LogP contribution in [0.4, 0.5) is 0 Å². The first-order valence-corrected chi connectivity index (χ1v) is 3.78. The molecule has 0 saturated heterocycles. The molecule has 0 radical (unpaired) electrons. The Bertz CT molecular complexity index is 243. The van der Waals surface area contributed by atoms with E-state index in [1.807, 2.05) is 0 Å². The van der Waals surface area contributed by atoms with Crippen LogP contribution in [0, 0.1) is 11.8 Å². The van der Waals surface area contributed by atoms with Gasteiger partial charge in [-0.3, -0.25) is 0 Å². The van der Waals surface area contributed by atoms with Crippen molar-refractivity contribution in [3.05, 3.63) is 36.0 Å². The molecule has 1 fully saturated rings. The molecule has 2 unspecified atom stereocenters. The average molecular weight is 132 g/mol. The van der Waals surface area contributed by atoms with Gasteiger partial charge in [-0.2, -0.15) is 0 Å². The summed E-state index contributed by atoms with van der Waals surface area (Å²) in [6.45, 7) is 10.3. The van der Waals surface area contributed by atoms with Crippen LogP contribution in [-0.2, 0) is 0 Å². The molecule has 0 amide bonds. The predicted molar refractivity (Wildman–Crippen MR) is 43.6 cm³/mol. The normalized spacial score (nSPS) is 37.1. The number of fused-ring (bicyclic) bond motifs is 1. The summed E-state index contributed by atoms with van der Waals surface area (Å²) >= 11 is 0. The summed E-state index contributed by atoms with van der Waals surface area (Å²) in [5, 5.41) is 0. The first-order valence-electron chi connectivity index (χ1n) is 3.78. The van der Waals surface area contributed by atoms with E-state index >= 15 is 0 Å². The maximum absolute atomic E-state index is 4.04. The van der Waals surface area contributed by atoms with Gasteiger partial charge < -0.3 is 0 Å². The van der Waals surface area contributed by atoms with Crippen molar-refractivity contribution in [2.24, 2.45) is 11.8 Å². The minimum atomic E-state index is 0.579. The molecule has 0 aromatic rings. The summed E-state index contributed by atoms with van der Waals surface area (Å²) in [6, 6.07) is 0. The van der Waals surface area contributed by atoms with Crippen LogP contribution in [0.15, 0.2) is 36.0 Å². The lowest BCUT2D eigenvalue weighted by molar-refractivity contribution is 0.709.